The van der Waals surface area contributed by atoms with Crippen LogP contribution in [-0.4, -0.2) is 28.6 Å². The average molecular weight is 265 g/mol. The van der Waals surface area contributed by atoms with Gasteiger partial charge in [0.1, 0.15) is 12.1 Å². The van der Waals surface area contributed by atoms with Crippen LogP contribution >= 0.6 is 11.8 Å². The van der Waals surface area contributed by atoms with Crippen molar-refractivity contribution in [2.45, 2.75) is 49.7 Å². The van der Waals surface area contributed by atoms with E-state index in [1.807, 2.05) is 12.5 Å². The van der Waals surface area contributed by atoms with E-state index in [9.17, 15) is 4.79 Å². The summed E-state index contributed by atoms with van der Waals surface area (Å²) in [5.41, 5.74) is 1.05. The number of carbonyl (C=O) groups is 1. The number of aldehydes is 1. The minimum atomic E-state index is 0.529. The molecule has 1 aromatic rings. The summed E-state index contributed by atoms with van der Waals surface area (Å²) in [5.74, 6) is 0.920. The molecule has 1 N–H and O–H groups in total. The van der Waals surface area contributed by atoms with Gasteiger partial charge in [-0.15, -0.1) is 0 Å². The number of hydrogen-bond donors (Lipinski definition) is 1. The van der Waals surface area contributed by atoms with Gasteiger partial charge in [0.05, 0.1) is 0 Å². The molecule has 1 aliphatic rings. The van der Waals surface area contributed by atoms with E-state index in [1.165, 1.54) is 25.7 Å². The van der Waals surface area contributed by atoms with Gasteiger partial charge in [0.2, 0.25) is 0 Å². The number of anilines is 1. The summed E-state index contributed by atoms with van der Waals surface area (Å²) in [6, 6.07) is 0.532. The fourth-order valence-electron chi connectivity index (χ4n) is 2.27. The molecular weight excluding hydrogens is 246 g/mol. The average Bonchev–Trinajstić information content (AvgIpc) is 2.90. The van der Waals surface area contributed by atoms with Crippen LogP contribution in [0, 0.1) is 0 Å². The van der Waals surface area contributed by atoms with Gasteiger partial charge in [0.25, 0.3) is 0 Å². The van der Waals surface area contributed by atoms with Crippen molar-refractivity contribution in [1.29, 1.82) is 0 Å². The number of thioether (sulfide) groups is 1. The largest absolute Gasteiger partial charge is 0.367 e. The molecule has 0 radical (unpaired) electrons. The SMILES string of the molecule is CSc1ncc(CCC=O)c(NC2CCCC2)n1. The third kappa shape index (κ3) is 3.45. The zero-order valence-corrected chi connectivity index (χ0v) is 11.5. The Morgan fingerprint density at radius 1 is 1.50 bits per heavy atom. The van der Waals surface area contributed by atoms with Crippen LogP contribution in [0.3, 0.4) is 0 Å². The Labute approximate surface area is 112 Å². The van der Waals surface area contributed by atoms with Crippen molar-refractivity contribution in [1.82, 2.24) is 9.97 Å². The van der Waals surface area contributed by atoms with Crippen LogP contribution < -0.4 is 5.32 Å². The van der Waals surface area contributed by atoms with E-state index >= 15 is 0 Å². The lowest BCUT2D eigenvalue weighted by Crippen LogP contribution is -2.17. The molecule has 0 aromatic carbocycles. The first kappa shape index (κ1) is 13.3. The number of nitrogens with zero attached hydrogens (tertiary/aromatic N) is 2. The molecule has 1 aliphatic carbocycles. The highest BCUT2D eigenvalue weighted by molar-refractivity contribution is 7.98. The molecule has 1 heterocycles. The molecule has 0 saturated heterocycles. The van der Waals surface area contributed by atoms with Crippen LogP contribution in [0.2, 0.25) is 0 Å². The zero-order valence-electron chi connectivity index (χ0n) is 10.7. The van der Waals surface area contributed by atoms with Crippen molar-refractivity contribution in [2.24, 2.45) is 0 Å². The van der Waals surface area contributed by atoms with Crippen molar-refractivity contribution < 1.29 is 4.79 Å². The third-order valence-corrected chi connectivity index (χ3v) is 3.81. The molecule has 4 nitrogen and oxygen atoms in total. The molecule has 18 heavy (non-hydrogen) atoms. The van der Waals surface area contributed by atoms with Crippen molar-refractivity contribution in [2.75, 3.05) is 11.6 Å². The number of aryl methyl sites for hydroxylation is 1. The van der Waals surface area contributed by atoms with Crippen LogP contribution in [0.25, 0.3) is 0 Å². The van der Waals surface area contributed by atoms with Gasteiger partial charge in [-0.2, -0.15) is 0 Å². The molecule has 0 atom stereocenters. The second-order valence-electron chi connectivity index (χ2n) is 4.56. The molecular formula is C13H19N3OS. The van der Waals surface area contributed by atoms with Crippen molar-refractivity contribution in [3.63, 3.8) is 0 Å². The Hall–Kier alpha value is -1.10. The van der Waals surface area contributed by atoms with E-state index in [0.717, 1.165) is 22.8 Å². The summed E-state index contributed by atoms with van der Waals surface area (Å²) in [6.45, 7) is 0. The van der Waals surface area contributed by atoms with Gasteiger partial charge in [-0.1, -0.05) is 24.6 Å². The highest BCUT2D eigenvalue weighted by atomic mass is 32.2. The maximum absolute atomic E-state index is 10.5. The molecule has 0 spiro atoms. The van der Waals surface area contributed by atoms with E-state index in [-0.39, 0.29) is 0 Å². The highest BCUT2D eigenvalue weighted by Crippen LogP contribution is 2.24. The smallest absolute Gasteiger partial charge is 0.189 e. The Morgan fingerprint density at radius 2 is 2.28 bits per heavy atom. The van der Waals surface area contributed by atoms with Crippen molar-refractivity contribution >= 4 is 23.9 Å². The molecule has 98 valence electrons. The normalized spacial score (nSPS) is 15.8. The summed E-state index contributed by atoms with van der Waals surface area (Å²) >= 11 is 1.54. The number of aromatic nitrogens is 2. The lowest BCUT2D eigenvalue weighted by atomic mass is 10.1. The van der Waals surface area contributed by atoms with Gasteiger partial charge in [0, 0.05) is 24.2 Å². The Morgan fingerprint density at radius 3 is 2.94 bits per heavy atom. The monoisotopic (exact) mass is 265 g/mol. The number of nitrogens with one attached hydrogen (secondary N) is 1. The van der Waals surface area contributed by atoms with E-state index < -0.39 is 0 Å². The standard InChI is InChI=1S/C13H19N3OS/c1-18-13-14-9-10(5-4-8-17)12(16-13)15-11-6-2-3-7-11/h8-9,11H,2-7H2,1H3,(H,14,15,16). The Bertz CT molecular complexity index is 405. The highest BCUT2D eigenvalue weighted by Gasteiger charge is 2.17. The van der Waals surface area contributed by atoms with E-state index in [0.29, 0.717) is 18.9 Å². The summed E-state index contributed by atoms with van der Waals surface area (Å²) in [6.07, 6.45) is 11.0. The Balaban J connectivity index is 2.13. The lowest BCUT2D eigenvalue weighted by Gasteiger charge is -2.16. The molecule has 0 bridgehead atoms. The van der Waals surface area contributed by atoms with Gasteiger partial charge in [-0.3, -0.25) is 0 Å². The minimum absolute atomic E-state index is 0.529. The zero-order chi connectivity index (χ0) is 12.8. The van der Waals surface area contributed by atoms with Crippen molar-refractivity contribution in [3.05, 3.63) is 11.8 Å². The van der Waals surface area contributed by atoms with Crippen LogP contribution in [-0.2, 0) is 11.2 Å². The van der Waals surface area contributed by atoms with E-state index in [2.05, 4.69) is 15.3 Å². The number of rotatable bonds is 6. The minimum Gasteiger partial charge on any atom is -0.367 e. The number of carbonyl (C=O) groups excluding carboxylic acids is 1. The summed E-state index contributed by atoms with van der Waals surface area (Å²) < 4.78 is 0. The van der Waals surface area contributed by atoms with Gasteiger partial charge < -0.3 is 10.1 Å². The summed E-state index contributed by atoms with van der Waals surface area (Å²) in [7, 11) is 0. The fraction of sp³-hybridized carbons (Fsp3) is 0.615. The van der Waals surface area contributed by atoms with Gasteiger partial charge in [-0.05, 0) is 25.5 Å². The molecule has 0 unspecified atom stereocenters. The molecule has 2 rings (SSSR count). The molecule has 1 saturated carbocycles. The van der Waals surface area contributed by atoms with Gasteiger partial charge in [-0.25, -0.2) is 9.97 Å². The summed E-state index contributed by atoms with van der Waals surface area (Å²) in [4.78, 5) is 19.3. The maximum Gasteiger partial charge on any atom is 0.189 e. The van der Waals surface area contributed by atoms with Crippen LogP contribution in [0.15, 0.2) is 11.4 Å². The first-order valence-electron chi connectivity index (χ1n) is 6.43. The second kappa shape index (κ2) is 6.73. The molecule has 5 heteroatoms. The van der Waals surface area contributed by atoms with Crippen LogP contribution in [0.5, 0.6) is 0 Å². The predicted molar refractivity (Wildman–Crippen MR) is 74.1 cm³/mol. The Kier molecular flexibility index (Phi) is 4.99. The molecule has 1 aromatic heterocycles. The molecule has 0 aliphatic heterocycles. The van der Waals surface area contributed by atoms with Gasteiger partial charge in [0.15, 0.2) is 5.16 Å². The molecule has 1 fully saturated rings. The second-order valence-corrected chi connectivity index (χ2v) is 5.34. The van der Waals surface area contributed by atoms with E-state index in [4.69, 9.17) is 0 Å². The van der Waals surface area contributed by atoms with Crippen LogP contribution in [0.4, 0.5) is 5.82 Å². The van der Waals surface area contributed by atoms with Gasteiger partial charge >= 0.3 is 0 Å². The molecule has 0 amide bonds. The first-order chi connectivity index (χ1) is 8.83. The first-order valence-corrected chi connectivity index (χ1v) is 7.66. The predicted octanol–water partition coefficient (Wildman–Crippen LogP) is 2.68. The quantitative estimate of drug-likeness (QED) is 0.487. The topological polar surface area (TPSA) is 54.9 Å². The van der Waals surface area contributed by atoms with Crippen molar-refractivity contribution in [3.8, 4) is 0 Å². The van der Waals surface area contributed by atoms with Crippen LogP contribution in [0.1, 0.15) is 37.7 Å². The third-order valence-electron chi connectivity index (χ3n) is 3.25. The van der Waals surface area contributed by atoms with E-state index in [1.54, 1.807) is 11.8 Å². The number of hydrogen-bond acceptors (Lipinski definition) is 5. The summed E-state index contributed by atoms with van der Waals surface area (Å²) in [5, 5.41) is 4.30. The lowest BCUT2D eigenvalue weighted by molar-refractivity contribution is -0.107. The fourth-order valence-corrected chi connectivity index (χ4v) is 2.62. The maximum atomic E-state index is 10.5.